The Labute approximate surface area is 267 Å². The number of fused-ring (bicyclic) bond motifs is 12. The zero-order chi connectivity index (χ0) is 30.6. The van der Waals surface area contributed by atoms with Gasteiger partial charge in [-0.15, -0.1) is 0 Å². The highest BCUT2D eigenvalue weighted by Gasteiger charge is 2.22. The second-order valence-corrected chi connectivity index (χ2v) is 12.3. The topological polar surface area (TPSA) is 39.4 Å². The van der Waals surface area contributed by atoms with Crippen molar-refractivity contribution in [2.45, 2.75) is 0 Å². The van der Waals surface area contributed by atoms with Crippen molar-refractivity contribution in [3.8, 4) is 22.3 Å². The van der Waals surface area contributed by atoms with Gasteiger partial charge in [0.1, 0.15) is 33.5 Å². The van der Waals surface area contributed by atoms with Crippen LogP contribution in [0.5, 0.6) is 0 Å². The minimum atomic E-state index is 0.861. The third-order valence-corrected chi connectivity index (χ3v) is 9.87. The van der Waals surface area contributed by atoms with Crippen LogP contribution in [0.1, 0.15) is 0 Å². The second-order valence-electron chi connectivity index (χ2n) is 12.3. The summed E-state index contributed by atoms with van der Waals surface area (Å²) in [5.74, 6) is 0. The van der Waals surface area contributed by atoms with Crippen LogP contribution in [0, 0.1) is 0 Å². The van der Waals surface area contributed by atoms with E-state index in [1.54, 1.807) is 0 Å². The van der Waals surface area contributed by atoms with Gasteiger partial charge in [-0.05, 0) is 69.1 Å². The van der Waals surface area contributed by atoms with Crippen molar-refractivity contribution in [1.82, 2.24) is 0 Å². The highest BCUT2D eigenvalue weighted by atomic mass is 16.3. The van der Waals surface area contributed by atoms with Gasteiger partial charge in [-0.25, -0.2) is 0 Å². The molecule has 3 heteroatoms. The van der Waals surface area contributed by atoms with Crippen LogP contribution in [0.15, 0.2) is 159 Å². The lowest BCUT2D eigenvalue weighted by Crippen LogP contribution is -1.91. The Morgan fingerprint density at radius 2 is 0.787 bits per heavy atom. The zero-order valence-corrected chi connectivity index (χ0v) is 25.1. The summed E-state index contributed by atoms with van der Waals surface area (Å²) in [6, 6.07) is 51.2. The SMILES string of the molecule is c1ccc2c(c1)oc1c(-c3c4ccccc4c(-c4ccc5oc6ccc7oc8ccccc8c7c6c5c4)c4ccccc34)cccc12. The maximum Gasteiger partial charge on any atom is 0.143 e. The second kappa shape index (κ2) is 9.12. The Bertz CT molecular complexity index is 3020. The summed E-state index contributed by atoms with van der Waals surface area (Å²) in [4.78, 5) is 0. The van der Waals surface area contributed by atoms with Crippen molar-refractivity contribution in [1.29, 1.82) is 0 Å². The Morgan fingerprint density at radius 1 is 0.298 bits per heavy atom. The van der Waals surface area contributed by atoms with Crippen molar-refractivity contribution in [2.75, 3.05) is 0 Å². The smallest absolute Gasteiger partial charge is 0.143 e. The van der Waals surface area contributed by atoms with E-state index in [9.17, 15) is 0 Å². The molecule has 0 aliphatic heterocycles. The molecule has 8 aromatic carbocycles. The molecule has 0 fully saturated rings. The van der Waals surface area contributed by atoms with Crippen LogP contribution in [-0.4, -0.2) is 0 Å². The van der Waals surface area contributed by atoms with Crippen molar-refractivity contribution in [3.63, 3.8) is 0 Å². The predicted octanol–water partition coefficient (Wildman–Crippen LogP) is 13.0. The van der Waals surface area contributed by atoms with Gasteiger partial charge in [0.05, 0.1) is 0 Å². The summed E-state index contributed by atoms with van der Waals surface area (Å²) in [6.45, 7) is 0. The fourth-order valence-corrected chi connectivity index (χ4v) is 7.91. The van der Waals surface area contributed by atoms with E-state index in [1.807, 2.05) is 36.4 Å². The first-order valence-corrected chi connectivity index (χ1v) is 15.9. The molecular formula is C44H24O3. The minimum Gasteiger partial charge on any atom is -0.456 e. The summed E-state index contributed by atoms with van der Waals surface area (Å²) in [5, 5.41) is 11.4. The highest BCUT2D eigenvalue weighted by molar-refractivity contribution is 6.28. The van der Waals surface area contributed by atoms with Crippen molar-refractivity contribution in [3.05, 3.63) is 146 Å². The molecule has 0 spiro atoms. The maximum absolute atomic E-state index is 6.57. The van der Waals surface area contributed by atoms with Crippen LogP contribution < -0.4 is 0 Å². The van der Waals surface area contributed by atoms with Crippen LogP contribution >= 0.6 is 0 Å². The maximum atomic E-state index is 6.57. The van der Waals surface area contributed by atoms with Crippen LogP contribution in [-0.2, 0) is 0 Å². The van der Waals surface area contributed by atoms with Crippen molar-refractivity contribution >= 4 is 87.4 Å². The molecule has 0 radical (unpaired) electrons. The lowest BCUT2D eigenvalue weighted by Gasteiger charge is -2.18. The van der Waals surface area contributed by atoms with Gasteiger partial charge in [-0.2, -0.15) is 0 Å². The first kappa shape index (κ1) is 24.9. The Morgan fingerprint density at radius 3 is 1.47 bits per heavy atom. The minimum absolute atomic E-state index is 0.861. The summed E-state index contributed by atoms with van der Waals surface area (Å²) < 4.78 is 19.3. The van der Waals surface area contributed by atoms with Gasteiger partial charge >= 0.3 is 0 Å². The van der Waals surface area contributed by atoms with Gasteiger partial charge in [0.2, 0.25) is 0 Å². The molecule has 0 aliphatic carbocycles. The molecule has 0 N–H and O–H groups in total. The van der Waals surface area contributed by atoms with E-state index in [1.165, 1.54) is 32.7 Å². The molecule has 0 atom stereocenters. The number of benzene rings is 8. The van der Waals surface area contributed by atoms with Gasteiger partial charge in [0, 0.05) is 43.4 Å². The number of rotatable bonds is 2. The van der Waals surface area contributed by atoms with E-state index in [0.29, 0.717) is 0 Å². The average Bonchev–Trinajstić information content (AvgIpc) is 3.81. The lowest BCUT2D eigenvalue weighted by molar-refractivity contribution is 0.663. The predicted molar refractivity (Wildman–Crippen MR) is 194 cm³/mol. The summed E-state index contributed by atoms with van der Waals surface area (Å²) in [6.07, 6.45) is 0. The van der Waals surface area contributed by atoms with Crippen molar-refractivity contribution in [2.24, 2.45) is 0 Å². The molecule has 3 heterocycles. The van der Waals surface area contributed by atoms with Gasteiger partial charge in [0.15, 0.2) is 0 Å². The van der Waals surface area contributed by atoms with Crippen LogP contribution in [0.25, 0.3) is 110 Å². The molecule has 0 amide bonds. The molecule has 3 nitrogen and oxygen atoms in total. The third kappa shape index (κ3) is 3.35. The van der Waals surface area contributed by atoms with Gasteiger partial charge in [0.25, 0.3) is 0 Å². The summed E-state index contributed by atoms with van der Waals surface area (Å²) in [5.41, 5.74) is 9.93. The fraction of sp³-hybridized carbons (Fsp3) is 0. The Balaban J connectivity index is 1.25. The fourth-order valence-electron chi connectivity index (χ4n) is 7.91. The third-order valence-electron chi connectivity index (χ3n) is 9.87. The quantitative estimate of drug-likeness (QED) is 0.185. The normalized spacial score (nSPS) is 12.3. The van der Waals surface area contributed by atoms with Gasteiger partial charge in [-0.1, -0.05) is 109 Å². The molecule has 0 aliphatic rings. The molecule has 0 unspecified atom stereocenters. The van der Waals surface area contributed by atoms with E-state index in [0.717, 1.165) is 76.9 Å². The van der Waals surface area contributed by atoms with Crippen LogP contribution in [0.3, 0.4) is 0 Å². The molecule has 47 heavy (non-hydrogen) atoms. The van der Waals surface area contributed by atoms with E-state index in [2.05, 4.69) is 109 Å². The van der Waals surface area contributed by atoms with Gasteiger partial charge < -0.3 is 13.3 Å². The van der Waals surface area contributed by atoms with E-state index in [-0.39, 0.29) is 0 Å². The zero-order valence-electron chi connectivity index (χ0n) is 25.1. The number of hydrogen-bond acceptors (Lipinski definition) is 3. The highest BCUT2D eigenvalue weighted by Crippen LogP contribution is 2.48. The Kier molecular flexibility index (Phi) is 4.84. The molecule has 3 aromatic heterocycles. The standard InChI is InChI=1S/C44H24O3/c1-3-13-29-27(11-1)40(25-20-21-37-34(24-25)43-39(46-37)23-22-38-42(43)32-15-6-8-19-36(32)45-38)28-12-2-4-14-30(28)41(29)33-17-9-16-31-26-10-5-7-18-35(26)47-44(31)33/h1-24H. The molecule has 0 saturated heterocycles. The first-order valence-electron chi connectivity index (χ1n) is 15.9. The Hall–Kier alpha value is -6.32. The lowest BCUT2D eigenvalue weighted by atomic mass is 9.85. The number of furan rings is 3. The molecule has 0 bridgehead atoms. The molecule has 11 rings (SSSR count). The monoisotopic (exact) mass is 600 g/mol. The van der Waals surface area contributed by atoms with Crippen molar-refractivity contribution < 1.29 is 13.3 Å². The molecule has 11 aromatic rings. The van der Waals surface area contributed by atoms with E-state index >= 15 is 0 Å². The largest absolute Gasteiger partial charge is 0.456 e. The van der Waals surface area contributed by atoms with E-state index in [4.69, 9.17) is 13.3 Å². The van der Waals surface area contributed by atoms with E-state index < -0.39 is 0 Å². The van der Waals surface area contributed by atoms with Crippen LogP contribution in [0.2, 0.25) is 0 Å². The first-order chi connectivity index (χ1) is 23.3. The number of para-hydroxylation sites is 3. The molecule has 0 saturated carbocycles. The molecular weight excluding hydrogens is 576 g/mol. The molecule has 218 valence electrons. The summed E-state index contributed by atoms with van der Waals surface area (Å²) in [7, 11) is 0. The summed E-state index contributed by atoms with van der Waals surface area (Å²) >= 11 is 0. The van der Waals surface area contributed by atoms with Crippen LogP contribution in [0.4, 0.5) is 0 Å². The number of hydrogen-bond donors (Lipinski definition) is 0. The average molecular weight is 601 g/mol. The van der Waals surface area contributed by atoms with Gasteiger partial charge in [-0.3, -0.25) is 0 Å².